The van der Waals surface area contributed by atoms with Crippen molar-refractivity contribution in [2.24, 2.45) is 0 Å². The minimum absolute atomic E-state index is 0.107. The number of ether oxygens (including phenoxy) is 1. The molecule has 4 N–H and O–H groups in total. The predicted molar refractivity (Wildman–Crippen MR) is 127 cm³/mol. The van der Waals surface area contributed by atoms with Gasteiger partial charge in [0.15, 0.2) is 0 Å². The maximum atomic E-state index is 12.2. The van der Waals surface area contributed by atoms with Gasteiger partial charge >= 0.3 is 0 Å². The second kappa shape index (κ2) is 7.74. The summed E-state index contributed by atoms with van der Waals surface area (Å²) in [5.74, 6) is -0.107. The predicted octanol–water partition coefficient (Wildman–Crippen LogP) is 3.62. The van der Waals surface area contributed by atoms with Gasteiger partial charge in [0, 0.05) is 70.5 Å². The summed E-state index contributed by atoms with van der Waals surface area (Å²) in [6.45, 7) is 5.03. The highest BCUT2D eigenvalue weighted by atomic mass is 32.1. The average molecular weight is 446 g/mol. The maximum absolute atomic E-state index is 12.2. The Hall–Kier alpha value is -3.20. The van der Waals surface area contributed by atoms with Gasteiger partial charge in [0.1, 0.15) is 5.65 Å². The molecule has 6 rings (SSSR count). The Kier molecular flexibility index (Phi) is 4.71. The molecule has 5 heterocycles. The van der Waals surface area contributed by atoms with Crippen LogP contribution in [-0.4, -0.2) is 47.1 Å². The van der Waals surface area contributed by atoms with Crippen molar-refractivity contribution in [2.75, 3.05) is 32.0 Å². The van der Waals surface area contributed by atoms with Gasteiger partial charge in [-0.3, -0.25) is 9.69 Å². The van der Waals surface area contributed by atoms with Crippen LogP contribution in [0.1, 0.15) is 20.8 Å². The van der Waals surface area contributed by atoms with Crippen LogP contribution in [0.5, 0.6) is 0 Å². The van der Waals surface area contributed by atoms with Gasteiger partial charge in [0.2, 0.25) is 0 Å². The number of hydrogen-bond donors (Lipinski definition) is 3. The molecular formula is C24H23N5O2S. The molecular weight excluding hydrogens is 422 g/mol. The number of pyridine rings is 1. The number of benzene rings is 1. The van der Waals surface area contributed by atoms with Gasteiger partial charge in [-0.1, -0.05) is 6.07 Å². The number of anilines is 1. The molecule has 2 aliphatic heterocycles. The van der Waals surface area contributed by atoms with Crippen LogP contribution in [0.25, 0.3) is 32.6 Å². The Balaban J connectivity index is 1.36. The molecule has 0 bridgehead atoms. The zero-order chi connectivity index (χ0) is 21.7. The van der Waals surface area contributed by atoms with Crippen LogP contribution in [0.3, 0.4) is 0 Å². The number of thiophene rings is 1. The van der Waals surface area contributed by atoms with E-state index in [0.717, 1.165) is 66.1 Å². The summed E-state index contributed by atoms with van der Waals surface area (Å²) in [6, 6.07) is 10.4. The number of nitrogens with two attached hydrogens (primary N) is 1. The number of amides is 1. The number of aromatic amines is 1. The number of nitrogens with zero attached hydrogens (tertiary/aromatic N) is 2. The lowest BCUT2D eigenvalue weighted by Gasteiger charge is -2.25. The van der Waals surface area contributed by atoms with Crippen molar-refractivity contribution >= 4 is 34.0 Å². The number of rotatable bonds is 4. The van der Waals surface area contributed by atoms with Crippen molar-refractivity contribution in [1.29, 1.82) is 0 Å². The topological polar surface area (TPSA) is 96.3 Å². The van der Waals surface area contributed by atoms with Crippen LogP contribution in [0.2, 0.25) is 0 Å². The summed E-state index contributed by atoms with van der Waals surface area (Å²) in [7, 11) is 0. The zero-order valence-electron chi connectivity index (χ0n) is 17.5. The monoisotopic (exact) mass is 445 g/mol. The van der Waals surface area contributed by atoms with E-state index in [1.165, 1.54) is 9.75 Å². The van der Waals surface area contributed by atoms with E-state index in [1.807, 2.05) is 35.9 Å². The van der Waals surface area contributed by atoms with Gasteiger partial charge in [0.25, 0.3) is 5.91 Å². The number of carbonyl (C=O) groups is 1. The van der Waals surface area contributed by atoms with Crippen LogP contribution in [0, 0.1) is 0 Å². The van der Waals surface area contributed by atoms with Crippen LogP contribution >= 0.6 is 11.3 Å². The lowest BCUT2D eigenvalue weighted by Crippen LogP contribution is -2.35. The van der Waals surface area contributed by atoms with Gasteiger partial charge in [-0.25, -0.2) is 4.98 Å². The van der Waals surface area contributed by atoms with Crippen molar-refractivity contribution < 1.29 is 9.53 Å². The molecule has 8 heteroatoms. The third-order valence-corrected chi connectivity index (χ3v) is 7.37. The fourth-order valence-electron chi connectivity index (χ4n) is 4.59. The number of aromatic nitrogens is 2. The molecule has 1 saturated heterocycles. The highest BCUT2D eigenvalue weighted by Crippen LogP contribution is 2.38. The van der Waals surface area contributed by atoms with Crippen molar-refractivity contribution in [3.8, 4) is 21.6 Å². The first kappa shape index (κ1) is 19.5. The highest BCUT2D eigenvalue weighted by molar-refractivity contribution is 7.15. The number of carbonyl (C=O) groups excluding carboxylic acids is 1. The van der Waals surface area contributed by atoms with E-state index < -0.39 is 0 Å². The van der Waals surface area contributed by atoms with Crippen LogP contribution < -0.4 is 11.1 Å². The molecule has 0 aliphatic carbocycles. The Bertz CT molecular complexity index is 1340. The Morgan fingerprint density at radius 2 is 2.03 bits per heavy atom. The number of H-pyrrole nitrogens is 1. The van der Waals surface area contributed by atoms with Crippen molar-refractivity contribution in [3.05, 3.63) is 58.7 Å². The average Bonchev–Trinajstić information content (AvgIpc) is 3.54. The first-order chi connectivity index (χ1) is 15.7. The van der Waals surface area contributed by atoms with Gasteiger partial charge in [-0.05, 0) is 35.4 Å². The van der Waals surface area contributed by atoms with Gasteiger partial charge < -0.3 is 20.8 Å². The maximum Gasteiger partial charge on any atom is 0.254 e. The minimum Gasteiger partial charge on any atom is -0.398 e. The molecule has 0 unspecified atom stereocenters. The van der Waals surface area contributed by atoms with Crippen LogP contribution in [0.4, 0.5) is 5.69 Å². The van der Waals surface area contributed by atoms with Gasteiger partial charge in [-0.15, -0.1) is 11.3 Å². The number of nitrogen functional groups attached to an aromatic ring is 1. The Morgan fingerprint density at radius 1 is 1.16 bits per heavy atom. The van der Waals surface area contributed by atoms with E-state index in [0.29, 0.717) is 17.8 Å². The van der Waals surface area contributed by atoms with Gasteiger partial charge in [-0.2, -0.15) is 0 Å². The second-order valence-electron chi connectivity index (χ2n) is 8.22. The summed E-state index contributed by atoms with van der Waals surface area (Å²) < 4.78 is 5.45. The number of morpholine rings is 1. The lowest BCUT2D eigenvalue weighted by atomic mass is 9.95. The zero-order valence-corrected chi connectivity index (χ0v) is 18.3. The van der Waals surface area contributed by atoms with E-state index in [2.05, 4.69) is 38.4 Å². The molecule has 1 amide bonds. The summed E-state index contributed by atoms with van der Waals surface area (Å²) >= 11 is 1.81. The first-order valence-corrected chi connectivity index (χ1v) is 11.6. The van der Waals surface area contributed by atoms with Crippen molar-refractivity contribution in [2.45, 2.75) is 13.1 Å². The second-order valence-corrected chi connectivity index (χ2v) is 9.38. The van der Waals surface area contributed by atoms with E-state index >= 15 is 0 Å². The Labute approximate surface area is 189 Å². The molecule has 1 aromatic carbocycles. The fourth-order valence-corrected chi connectivity index (χ4v) is 5.62. The third-order valence-electron chi connectivity index (χ3n) is 6.25. The van der Waals surface area contributed by atoms with Crippen molar-refractivity contribution in [1.82, 2.24) is 20.2 Å². The Morgan fingerprint density at radius 3 is 2.91 bits per heavy atom. The molecule has 0 radical (unpaired) electrons. The molecule has 32 heavy (non-hydrogen) atoms. The normalized spacial score (nSPS) is 16.4. The molecule has 0 saturated carbocycles. The first-order valence-electron chi connectivity index (χ1n) is 10.7. The summed E-state index contributed by atoms with van der Waals surface area (Å²) in [6.07, 6.45) is 3.89. The molecule has 1 fully saturated rings. The lowest BCUT2D eigenvalue weighted by molar-refractivity contribution is 0.0346. The molecule has 4 aromatic rings. The van der Waals surface area contributed by atoms with Gasteiger partial charge in [0.05, 0.1) is 18.8 Å². The quantitative estimate of drug-likeness (QED) is 0.417. The largest absolute Gasteiger partial charge is 0.398 e. The summed E-state index contributed by atoms with van der Waals surface area (Å²) in [5, 5.41) is 3.93. The third kappa shape index (κ3) is 3.28. The highest BCUT2D eigenvalue weighted by Gasteiger charge is 2.26. The SMILES string of the molecule is Nc1ccc(-c2c[nH]c3ncc(-c4ccc(CN5CCOCC5)s4)cc23)c2c1C(=O)NC2. The number of nitrogens with one attached hydrogen (secondary N) is 2. The molecule has 0 atom stereocenters. The fraction of sp³-hybridized carbons (Fsp3) is 0.250. The molecule has 7 nitrogen and oxygen atoms in total. The van der Waals surface area contributed by atoms with E-state index in [1.54, 1.807) is 0 Å². The van der Waals surface area contributed by atoms with E-state index in [9.17, 15) is 4.79 Å². The van der Waals surface area contributed by atoms with E-state index in [4.69, 9.17) is 10.5 Å². The molecule has 2 aliphatic rings. The molecule has 0 spiro atoms. The minimum atomic E-state index is -0.107. The summed E-state index contributed by atoms with van der Waals surface area (Å²) in [4.78, 5) is 25.2. The summed E-state index contributed by atoms with van der Waals surface area (Å²) in [5.41, 5.74) is 12.1. The molecule has 3 aromatic heterocycles. The molecule has 162 valence electrons. The standard InChI is InChI=1S/C24H23N5O2S/c25-20-3-2-16(19-12-28-24(30)22(19)20)18-11-27-23-17(18)9-14(10-26-23)21-4-1-15(32-21)13-29-5-7-31-8-6-29/h1-4,9-11H,5-8,12-13,25H2,(H,26,27)(H,28,30). The van der Waals surface area contributed by atoms with Crippen LogP contribution in [0.15, 0.2) is 42.7 Å². The van der Waals surface area contributed by atoms with E-state index in [-0.39, 0.29) is 5.91 Å². The van der Waals surface area contributed by atoms with Crippen LogP contribution in [-0.2, 0) is 17.8 Å². The van der Waals surface area contributed by atoms with Crippen molar-refractivity contribution in [3.63, 3.8) is 0 Å². The smallest absolute Gasteiger partial charge is 0.254 e. The number of fused-ring (bicyclic) bond motifs is 2. The number of hydrogen-bond acceptors (Lipinski definition) is 6.